The zero-order chi connectivity index (χ0) is 21.1. The zero-order valence-corrected chi connectivity index (χ0v) is 17.6. The van der Waals surface area contributed by atoms with Crippen LogP contribution in [-0.4, -0.2) is 59.8 Å². The lowest BCUT2D eigenvalue weighted by Crippen LogP contribution is -2.49. The molecule has 1 aliphatic rings. The maximum atomic E-state index is 12.7. The lowest BCUT2D eigenvalue weighted by atomic mass is 10.2. The lowest BCUT2D eigenvalue weighted by Gasteiger charge is -2.36. The van der Waals surface area contributed by atoms with E-state index in [0.29, 0.717) is 42.6 Å². The van der Waals surface area contributed by atoms with Crippen molar-refractivity contribution in [2.75, 3.05) is 38.2 Å². The van der Waals surface area contributed by atoms with Gasteiger partial charge < -0.3 is 14.5 Å². The number of halogens is 2. The maximum Gasteiger partial charge on any atom is 0.287 e. The Morgan fingerprint density at radius 3 is 2.55 bits per heavy atom. The standard InChI is InChI=1S/C18H22Cl2N6O3/c1-11-16(20)17(18(28)22-21)23-26(11)10-15(27)25-7-5-24(6-8-25)12-3-4-13(19)14(9-12)29-2/h3-4,9H,5-8,10,21H2,1-2H3,(H,22,28). The van der Waals surface area contributed by atoms with Crippen molar-refractivity contribution in [2.24, 2.45) is 5.84 Å². The lowest BCUT2D eigenvalue weighted by molar-refractivity contribution is -0.132. The Kier molecular flexibility index (Phi) is 6.51. The first-order chi connectivity index (χ1) is 13.8. The number of hydrazine groups is 1. The van der Waals surface area contributed by atoms with E-state index in [0.717, 1.165) is 5.69 Å². The smallest absolute Gasteiger partial charge is 0.287 e. The molecule has 0 saturated carbocycles. The number of carbonyl (C=O) groups is 2. The number of piperazine rings is 1. The Bertz CT molecular complexity index is 925. The van der Waals surface area contributed by atoms with Crippen molar-refractivity contribution in [1.82, 2.24) is 20.1 Å². The number of hydrogen-bond donors (Lipinski definition) is 2. The van der Waals surface area contributed by atoms with Gasteiger partial charge in [-0.25, -0.2) is 5.84 Å². The van der Waals surface area contributed by atoms with Gasteiger partial charge in [-0.2, -0.15) is 5.10 Å². The SMILES string of the molecule is COc1cc(N2CCN(C(=O)Cn3nc(C(=O)NN)c(Cl)c3C)CC2)ccc1Cl. The Morgan fingerprint density at radius 2 is 1.93 bits per heavy atom. The van der Waals surface area contributed by atoms with Gasteiger partial charge in [0, 0.05) is 37.9 Å². The minimum absolute atomic E-state index is 0.000900. The number of nitrogens with zero attached hydrogens (tertiary/aromatic N) is 4. The first kappa shape index (κ1) is 21.2. The summed E-state index contributed by atoms with van der Waals surface area (Å²) in [4.78, 5) is 28.4. The van der Waals surface area contributed by atoms with Crippen molar-refractivity contribution < 1.29 is 14.3 Å². The number of amides is 2. The highest BCUT2D eigenvalue weighted by Gasteiger charge is 2.25. The molecule has 156 valence electrons. The van der Waals surface area contributed by atoms with E-state index in [2.05, 4.69) is 10.00 Å². The number of carbonyl (C=O) groups excluding carboxylic acids is 2. The summed E-state index contributed by atoms with van der Waals surface area (Å²) in [6, 6.07) is 5.62. The van der Waals surface area contributed by atoms with Crippen LogP contribution in [0.3, 0.4) is 0 Å². The second-order valence-electron chi connectivity index (χ2n) is 6.57. The van der Waals surface area contributed by atoms with E-state index < -0.39 is 5.91 Å². The molecule has 0 bridgehead atoms. The van der Waals surface area contributed by atoms with Gasteiger partial charge in [0.1, 0.15) is 12.3 Å². The zero-order valence-electron chi connectivity index (χ0n) is 16.1. The van der Waals surface area contributed by atoms with E-state index in [1.807, 2.05) is 17.6 Å². The summed E-state index contributed by atoms with van der Waals surface area (Å²) < 4.78 is 6.69. The van der Waals surface area contributed by atoms with Crippen molar-refractivity contribution in [3.8, 4) is 5.75 Å². The van der Waals surface area contributed by atoms with Gasteiger partial charge in [-0.05, 0) is 19.1 Å². The third-order valence-electron chi connectivity index (χ3n) is 4.90. The van der Waals surface area contributed by atoms with Crippen LogP contribution in [-0.2, 0) is 11.3 Å². The highest BCUT2D eigenvalue weighted by Crippen LogP contribution is 2.30. The summed E-state index contributed by atoms with van der Waals surface area (Å²) in [5.41, 5.74) is 3.52. The van der Waals surface area contributed by atoms with Gasteiger partial charge in [0.15, 0.2) is 5.69 Å². The second kappa shape index (κ2) is 8.89. The molecule has 9 nitrogen and oxygen atoms in total. The maximum absolute atomic E-state index is 12.7. The van der Waals surface area contributed by atoms with Crippen LogP contribution in [0.1, 0.15) is 16.2 Å². The third kappa shape index (κ3) is 4.42. The predicted octanol–water partition coefficient (Wildman–Crippen LogP) is 1.46. The minimum atomic E-state index is -0.601. The molecule has 2 amide bonds. The van der Waals surface area contributed by atoms with Crippen LogP contribution in [0.15, 0.2) is 18.2 Å². The molecule has 29 heavy (non-hydrogen) atoms. The number of benzene rings is 1. The number of nitrogen functional groups attached to an aromatic ring is 1. The van der Waals surface area contributed by atoms with Crippen LogP contribution in [0.2, 0.25) is 10.0 Å². The Morgan fingerprint density at radius 1 is 1.24 bits per heavy atom. The van der Waals surface area contributed by atoms with Gasteiger partial charge in [-0.15, -0.1) is 0 Å². The number of aromatic nitrogens is 2. The summed E-state index contributed by atoms with van der Waals surface area (Å²) in [7, 11) is 1.58. The minimum Gasteiger partial charge on any atom is -0.495 e. The van der Waals surface area contributed by atoms with Crippen LogP contribution in [0.5, 0.6) is 5.75 Å². The number of nitrogens with one attached hydrogen (secondary N) is 1. The van der Waals surface area contributed by atoms with Gasteiger partial charge in [0.05, 0.1) is 22.8 Å². The average molecular weight is 441 g/mol. The predicted molar refractivity (Wildman–Crippen MR) is 110 cm³/mol. The normalized spacial score (nSPS) is 14.1. The monoisotopic (exact) mass is 440 g/mol. The van der Waals surface area contributed by atoms with Crippen molar-refractivity contribution in [2.45, 2.75) is 13.5 Å². The number of nitrogens with two attached hydrogens (primary N) is 1. The molecule has 0 atom stereocenters. The molecule has 2 heterocycles. The molecular weight excluding hydrogens is 419 g/mol. The van der Waals surface area contributed by atoms with E-state index in [1.54, 1.807) is 25.0 Å². The summed E-state index contributed by atoms with van der Waals surface area (Å²) in [5.74, 6) is 5.05. The molecule has 3 N–H and O–H groups in total. The van der Waals surface area contributed by atoms with Crippen molar-refractivity contribution >= 4 is 40.7 Å². The van der Waals surface area contributed by atoms with Crippen LogP contribution in [0.4, 0.5) is 5.69 Å². The fourth-order valence-electron chi connectivity index (χ4n) is 3.18. The molecule has 0 aliphatic carbocycles. The molecule has 0 radical (unpaired) electrons. The van der Waals surface area contributed by atoms with Crippen LogP contribution in [0, 0.1) is 6.92 Å². The molecule has 1 aromatic heterocycles. The molecule has 11 heteroatoms. The molecule has 1 aliphatic heterocycles. The van der Waals surface area contributed by atoms with E-state index in [9.17, 15) is 9.59 Å². The average Bonchev–Trinajstić information content (AvgIpc) is 3.02. The van der Waals surface area contributed by atoms with Crippen LogP contribution in [0.25, 0.3) is 0 Å². The molecule has 0 spiro atoms. The molecule has 1 fully saturated rings. The molecular formula is C18H22Cl2N6O3. The highest BCUT2D eigenvalue weighted by molar-refractivity contribution is 6.34. The first-order valence-corrected chi connectivity index (χ1v) is 9.71. The number of rotatable bonds is 5. The fraction of sp³-hybridized carbons (Fsp3) is 0.389. The van der Waals surface area contributed by atoms with Crippen molar-refractivity contribution in [1.29, 1.82) is 0 Å². The molecule has 0 unspecified atom stereocenters. The Hall–Kier alpha value is -2.49. The fourth-order valence-corrected chi connectivity index (χ4v) is 3.59. The molecule has 3 rings (SSSR count). The van der Waals surface area contributed by atoms with Crippen molar-refractivity contribution in [3.63, 3.8) is 0 Å². The Labute approximate surface area is 178 Å². The number of methoxy groups -OCH3 is 1. The number of ether oxygens (including phenoxy) is 1. The van der Waals surface area contributed by atoms with E-state index in [4.69, 9.17) is 33.8 Å². The van der Waals surface area contributed by atoms with E-state index >= 15 is 0 Å². The van der Waals surface area contributed by atoms with Gasteiger partial charge in [0.25, 0.3) is 5.91 Å². The largest absolute Gasteiger partial charge is 0.495 e. The van der Waals surface area contributed by atoms with Gasteiger partial charge in [-0.3, -0.25) is 19.7 Å². The number of anilines is 1. The third-order valence-corrected chi connectivity index (χ3v) is 5.66. The van der Waals surface area contributed by atoms with Gasteiger partial charge in [-0.1, -0.05) is 23.2 Å². The van der Waals surface area contributed by atoms with E-state index in [1.165, 1.54) is 4.68 Å². The summed E-state index contributed by atoms with van der Waals surface area (Å²) in [6.07, 6.45) is 0. The quantitative estimate of drug-likeness (QED) is 0.414. The first-order valence-electron chi connectivity index (χ1n) is 8.95. The molecule has 1 aromatic carbocycles. The number of hydrogen-bond acceptors (Lipinski definition) is 6. The Balaban J connectivity index is 1.63. The van der Waals surface area contributed by atoms with Gasteiger partial charge in [0.2, 0.25) is 5.91 Å². The summed E-state index contributed by atoms with van der Waals surface area (Å²) in [5, 5.41) is 4.85. The van der Waals surface area contributed by atoms with E-state index in [-0.39, 0.29) is 23.2 Å². The summed E-state index contributed by atoms with van der Waals surface area (Å²) in [6.45, 7) is 4.17. The topological polar surface area (TPSA) is 106 Å². The second-order valence-corrected chi connectivity index (χ2v) is 7.35. The molecule has 2 aromatic rings. The van der Waals surface area contributed by atoms with Crippen LogP contribution >= 0.6 is 23.2 Å². The van der Waals surface area contributed by atoms with Gasteiger partial charge >= 0.3 is 0 Å². The molecule has 1 saturated heterocycles. The highest BCUT2D eigenvalue weighted by atomic mass is 35.5. The van der Waals surface area contributed by atoms with Crippen molar-refractivity contribution in [3.05, 3.63) is 39.6 Å². The summed E-state index contributed by atoms with van der Waals surface area (Å²) >= 11 is 12.2. The van der Waals surface area contributed by atoms with Crippen LogP contribution < -0.4 is 20.9 Å².